The molecule has 36 heavy (non-hydrogen) atoms. The van der Waals surface area contributed by atoms with Crippen LogP contribution in [0.5, 0.6) is 0 Å². The van der Waals surface area contributed by atoms with Gasteiger partial charge >= 0.3 is 0 Å². The topological polar surface area (TPSA) is 84.0 Å². The number of nitrogens with zero attached hydrogens (tertiary/aromatic N) is 2. The third kappa shape index (κ3) is 4.49. The lowest BCUT2D eigenvalue weighted by Crippen LogP contribution is -2.42. The Balaban J connectivity index is 1.36. The highest BCUT2D eigenvalue weighted by Crippen LogP contribution is 2.39. The zero-order valence-electron chi connectivity index (χ0n) is 20.5. The van der Waals surface area contributed by atoms with Crippen LogP contribution in [-0.4, -0.2) is 57.8 Å². The standard InChI is InChI=1S/C27H30N2O5S2/c1-18-9-12-25(35-18)36(32,33)28-13-4-6-20(17-28)24(30)16-19-10-11-23-26-21(19)7-3-8-22(26)27(31)29(23)14-5-15-34-2/h3,7-12,20H,4-6,13-17H2,1-2H3. The van der Waals surface area contributed by atoms with Crippen molar-refractivity contribution in [1.82, 2.24) is 4.31 Å². The van der Waals surface area contributed by atoms with Crippen molar-refractivity contribution in [2.45, 2.75) is 36.8 Å². The van der Waals surface area contributed by atoms with E-state index in [1.165, 1.54) is 15.6 Å². The smallest absolute Gasteiger partial charge is 0.258 e. The number of amides is 1. The average molecular weight is 527 g/mol. The summed E-state index contributed by atoms with van der Waals surface area (Å²) < 4.78 is 33.2. The molecule has 1 unspecified atom stereocenters. The van der Waals surface area contributed by atoms with E-state index in [-0.39, 0.29) is 30.6 Å². The van der Waals surface area contributed by atoms with Gasteiger partial charge in [-0.3, -0.25) is 9.59 Å². The van der Waals surface area contributed by atoms with Crippen molar-refractivity contribution < 1.29 is 22.7 Å². The van der Waals surface area contributed by atoms with Gasteiger partial charge in [-0.2, -0.15) is 4.31 Å². The molecule has 1 fully saturated rings. The molecule has 0 bridgehead atoms. The number of hydrogen-bond donors (Lipinski definition) is 0. The van der Waals surface area contributed by atoms with Gasteiger partial charge in [-0.05, 0) is 61.4 Å². The lowest BCUT2D eigenvalue weighted by molar-refractivity contribution is -0.123. The van der Waals surface area contributed by atoms with Crippen molar-refractivity contribution in [3.05, 3.63) is 58.5 Å². The number of thiophene rings is 1. The molecule has 2 aliphatic rings. The van der Waals surface area contributed by atoms with Gasteiger partial charge in [0.1, 0.15) is 9.99 Å². The molecule has 1 atom stereocenters. The monoisotopic (exact) mass is 526 g/mol. The van der Waals surface area contributed by atoms with Gasteiger partial charge in [-0.15, -0.1) is 11.3 Å². The molecule has 1 saturated heterocycles. The van der Waals surface area contributed by atoms with E-state index >= 15 is 0 Å². The molecule has 3 heterocycles. The number of ether oxygens (including phenoxy) is 1. The number of ketones is 1. The van der Waals surface area contributed by atoms with Crippen LogP contribution in [0.2, 0.25) is 0 Å². The largest absolute Gasteiger partial charge is 0.385 e. The Labute approximate surface area is 215 Å². The number of anilines is 1. The number of benzene rings is 2. The van der Waals surface area contributed by atoms with Crippen molar-refractivity contribution in [1.29, 1.82) is 0 Å². The number of rotatable bonds is 9. The first kappa shape index (κ1) is 25.1. The molecule has 1 amide bonds. The molecule has 0 N–H and O–H groups in total. The van der Waals surface area contributed by atoms with Crippen LogP contribution in [0.25, 0.3) is 10.8 Å². The molecule has 0 radical (unpaired) electrons. The second-order valence-electron chi connectivity index (χ2n) is 9.49. The van der Waals surface area contributed by atoms with Gasteiger partial charge in [0.2, 0.25) is 0 Å². The SMILES string of the molecule is COCCCN1C(=O)c2cccc3c(CC(=O)C4CCCN(S(=O)(=O)c5ccc(C)s5)C4)ccc1c23. The molecule has 7 nitrogen and oxygen atoms in total. The van der Waals surface area contributed by atoms with E-state index in [1.54, 1.807) is 18.1 Å². The lowest BCUT2D eigenvalue weighted by Gasteiger charge is -2.31. The van der Waals surface area contributed by atoms with Gasteiger partial charge in [0.15, 0.2) is 0 Å². The number of Topliss-reactive ketones (excluding diaryl/α,β-unsaturated/α-hetero) is 1. The summed E-state index contributed by atoms with van der Waals surface area (Å²) in [6, 6.07) is 13.0. The van der Waals surface area contributed by atoms with Crippen molar-refractivity contribution >= 4 is 49.5 Å². The summed E-state index contributed by atoms with van der Waals surface area (Å²) >= 11 is 1.26. The summed E-state index contributed by atoms with van der Waals surface area (Å²) in [7, 11) is -1.95. The number of methoxy groups -OCH3 is 1. The van der Waals surface area contributed by atoms with E-state index < -0.39 is 10.0 Å². The minimum absolute atomic E-state index is 0.0212. The van der Waals surface area contributed by atoms with Gasteiger partial charge in [0, 0.05) is 61.5 Å². The number of sulfonamides is 1. The highest BCUT2D eigenvalue weighted by molar-refractivity contribution is 7.91. The summed E-state index contributed by atoms with van der Waals surface area (Å²) in [5.41, 5.74) is 2.41. The zero-order chi connectivity index (χ0) is 25.4. The van der Waals surface area contributed by atoms with Crippen LogP contribution in [0.15, 0.2) is 46.7 Å². The van der Waals surface area contributed by atoms with Crippen LogP contribution >= 0.6 is 11.3 Å². The molecule has 2 aromatic carbocycles. The predicted molar refractivity (Wildman–Crippen MR) is 141 cm³/mol. The second-order valence-corrected chi connectivity index (χ2v) is 12.9. The Morgan fingerprint density at radius 1 is 1.17 bits per heavy atom. The quantitative estimate of drug-likeness (QED) is 0.386. The highest BCUT2D eigenvalue weighted by atomic mass is 32.2. The molecule has 0 aliphatic carbocycles. The zero-order valence-corrected chi connectivity index (χ0v) is 22.2. The normalized spacial score (nSPS) is 18.3. The van der Waals surface area contributed by atoms with Crippen molar-refractivity contribution in [3.63, 3.8) is 0 Å². The maximum atomic E-state index is 13.4. The van der Waals surface area contributed by atoms with Crippen molar-refractivity contribution in [2.24, 2.45) is 5.92 Å². The van der Waals surface area contributed by atoms with E-state index in [0.717, 1.165) is 33.3 Å². The summed E-state index contributed by atoms with van der Waals surface area (Å²) in [5.74, 6) is -0.323. The summed E-state index contributed by atoms with van der Waals surface area (Å²) in [5, 5.41) is 1.81. The molecule has 0 spiro atoms. The Morgan fingerprint density at radius 2 is 2.00 bits per heavy atom. The number of hydrogen-bond acceptors (Lipinski definition) is 6. The van der Waals surface area contributed by atoms with Crippen LogP contribution in [-0.2, 0) is 26.0 Å². The Bertz CT molecular complexity index is 1430. The minimum Gasteiger partial charge on any atom is -0.385 e. The van der Waals surface area contributed by atoms with Crippen LogP contribution < -0.4 is 4.90 Å². The first-order valence-electron chi connectivity index (χ1n) is 12.3. The fourth-order valence-electron chi connectivity index (χ4n) is 5.28. The van der Waals surface area contributed by atoms with Crippen LogP contribution in [0.1, 0.15) is 40.1 Å². The molecule has 9 heteroatoms. The molecular formula is C27H30N2O5S2. The lowest BCUT2D eigenvalue weighted by atomic mass is 9.89. The summed E-state index contributed by atoms with van der Waals surface area (Å²) in [6.07, 6.45) is 2.30. The Hall–Kier alpha value is -2.59. The molecule has 5 rings (SSSR count). The van der Waals surface area contributed by atoms with E-state index in [2.05, 4.69) is 0 Å². The van der Waals surface area contributed by atoms with Gasteiger partial charge in [0.05, 0.1) is 5.69 Å². The number of piperidine rings is 1. The third-order valence-corrected chi connectivity index (χ3v) is 10.5. The first-order chi connectivity index (χ1) is 17.3. The van der Waals surface area contributed by atoms with E-state index in [0.29, 0.717) is 42.3 Å². The molecule has 1 aromatic heterocycles. The van der Waals surface area contributed by atoms with E-state index in [1.807, 2.05) is 43.3 Å². The van der Waals surface area contributed by atoms with Crippen LogP contribution in [0.4, 0.5) is 5.69 Å². The maximum Gasteiger partial charge on any atom is 0.258 e. The molecule has 2 aliphatic heterocycles. The van der Waals surface area contributed by atoms with E-state index in [4.69, 9.17) is 4.74 Å². The Kier molecular flexibility index (Phi) is 7.00. The van der Waals surface area contributed by atoms with Crippen molar-refractivity contribution in [2.75, 3.05) is 38.3 Å². The number of carbonyl (C=O) groups is 2. The summed E-state index contributed by atoms with van der Waals surface area (Å²) in [4.78, 5) is 29.2. The minimum atomic E-state index is -3.59. The molecule has 0 saturated carbocycles. The first-order valence-corrected chi connectivity index (χ1v) is 14.5. The number of carbonyl (C=O) groups excluding carboxylic acids is 2. The van der Waals surface area contributed by atoms with Gasteiger partial charge in [0.25, 0.3) is 15.9 Å². The third-order valence-electron chi connectivity index (χ3n) is 7.12. The summed E-state index contributed by atoms with van der Waals surface area (Å²) in [6.45, 7) is 3.69. The van der Waals surface area contributed by atoms with E-state index in [9.17, 15) is 18.0 Å². The fourth-order valence-corrected chi connectivity index (χ4v) is 8.24. The average Bonchev–Trinajstić information content (AvgIpc) is 3.44. The maximum absolute atomic E-state index is 13.4. The second kappa shape index (κ2) is 10.0. The molecular weight excluding hydrogens is 496 g/mol. The predicted octanol–water partition coefficient (Wildman–Crippen LogP) is 4.42. The van der Waals surface area contributed by atoms with Crippen LogP contribution in [0, 0.1) is 12.8 Å². The fraction of sp³-hybridized carbons (Fsp3) is 0.407. The van der Waals surface area contributed by atoms with Crippen LogP contribution in [0.3, 0.4) is 0 Å². The van der Waals surface area contributed by atoms with Crippen molar-refractivity contribution in [3.8, 4) is 0 Å². The highest BCUT2D eigenvalue weighted by Gasteiger charge is 2.35. The van der Waals surface area contributed by atoms with Gasteiger partial charge < -0.3 is 9.64 Å². The molecule has 3 aromatic rings. The van der Waals surface area contributed by atoms with Gasteiger partial charge in [-0.1, -0.05) is 18.2 Å². The Morgan fingerprint density at radius 3 is 2.75 bits per heavy atom. The number of aryl methyl sites for hydroxylation is 1. The molecule has 190 valence electrons. The van der Waals surface area contributed by atoms with Gasteiger partial charge in [-0.25, -0.2) is 8.42 Å².